The number of imide groups is 1. The SMILES string of the molecule is CC(C)c1nc(-c2ccc3c(c2)CN(C2CCC(=O)NC2=O)C3=O)c(-c2cncnc2)n1C. The van der Waals surface area contributed by atoms with Crippen LogP contribution in [0.4, 0.5) is 0 Å². The Kier molecular flexibility index (Phi) is 5.03. The second-order valence-electron chi connectivity index (χ2n) is 8.78. The van der Waals surface area contributed by atoms with Crippen LogP contribution < -0.4 is 5.32 Å². The first-order valence-electron chi connectivity index (χ1n) is 10.9. The molecule has 3 aromatic rings. The highest BCUT2D eigenvalue weighted by molar-refractivity contribution is 6.05. The van der Waals surface area contributed by atoms with Gasteiger partial charge < -0.3 is 9.47 Å². The fourth-order valence-corrected chi connectivity index (χ4v) is 4.71. The van der Waals surface area contributed by atoms with Crippen LogP contribution in [0.1, 0.15) is 54.4 Å². The number of aromatic nitrogens is 4. The zero-order valence-corrected chi connectivity index (χ0v) is 18.7. The van der Waals surface area contributed by atoms with Crippen LogP contribution in [0, 0.1) is 0 Å². The first kappa shape index (κ1) is 21.0. The van der Waals surface area contributed by atoms with Crippen molar-refractivity contribution < 1.29 is 14.4 Å². The van der Waals surface area contributed by atoms with Crippen molar-refractivity contribution in [3.05, 3.63) is 53.9 Å². The molecule has 0 saturated carbocycles. The highest BCUT2D eigenvalue weighted by Crippen LogP contribution is 2.36. The first-order valence-corrected chi connectivity index (χ1v) is 10.9. The third kappa shape index (κ3) is 3.49. The molecule has 1 atom stereocenters. The maximum absolute atomic E-state index is 13.0. The summed E-state index contributed by atoms with van der Waals surface area (Å²) in [7, 11) is 1.98. The minimum atomic E-state index is -0.634. The van der Waals surface area contributed by atoms with Crippen molar-refractivity contribution in [2.24, 2.45) is 7.05 Å². The number of benzene rings is 1. The summed E-state index contributed by atoms with van der Waals surface area (Å²) < 4.78 is 2.06. The van der Waals surface area contributed by atoms with Gasteiger partial charge in [-0.1, -0.05) is 19.9 Å². The normalized spacial score (nSPS) is 18.1. The molecule has 1 unspecified atom stereocenters. The van der Waals surface area contributed by atoms with Gasteiger partial charge in [-0.15, -0.1) is 0 Å². The molecular formula is C24H24N6O3. The monoisotopic (exact) mass is 444 g/mol. The number of nitrogens with one attached hydrogen (secondary N) is 1. The Bertz CT molecular complexity index is 1280. The van der Waals surface area contributed by atoms with E-state index in [4.69, 9.17) is 4.98 Å². The molecule has 2 aromatic heterocycles. The Balaban J connectivity index is 1.54. The van der Waals surface area contributed by atoms with Gasteiger partial charge in [-0.2, -0.15) is 0 Å². The van der Waals surface area contributed by atoms with Gasteiger partial charge in [0.05, 0.1) is 11.4 Å². The summed E-state index contributed by atoms with van der Waals surface area (Å²) in [4.78, 5) is 51.7. The fourth-order valence-electron chi connectivity index (χ4n) is 4.71. The molecule has 33 heavy (non-hydrogen) atoms. The van der Waals surface area contributed by atoms with E-state index in [0.717, 1.165) is 33.9 Å². The van der Waals surface area contributed by atoms with Crippen molar-refractivity contribution in [3.63, 3.8) is 0 Å². The quantitative estimate of drug-likeness (QED) is 0.619. The smallest absolute Gasteiger partial charge is 0.255 e. The van der Waals surface area contributed by atoms with Gasteiger partial charge in [0.1, 0.15) is 18.2 Å². The molecule has 1 N–H and O–H groups in total. The first-order chi connectivity index (χ1) is 15.8. The van der Waals surface area contributed by atoms with Crippen LogP contribution in [-0.4, -0.2) is 48.2 Å². The summed E-state index contributed by atoms with van der Waals surface area (Å²) >= 11 is 0. The van der Waals surface area contributed by atoms with Crippen LogP contribution in [0.15, 0.2) is 36.9 Å². The molecule has 168 valence electrons. The lowest BCUT2D eigenvalue weighted by Gasteiger charge is -2.29. The molecule has 3 amide bonds. The molecule has 0 spiro atoms. The van der Waals surface area contributed by atoms with E-state index in [0.29, 0.717) is 18.5 Å². The lowest BCUT2D eigenvalue weighted by molar-refractivity contribution is -0.136. The van der Waals surface area contributed by atoms with Crippen molar-refractivity contribution in [2.45, 2.75) is 45.2 Å². The standard InChI is InChI=1S/C24H24N6O3/c1-13(2)22-28-20(21(29(22)3)16-9-25-12-26-10-16)14-4-5-17-15(8-14)11-30(24(17)33)18-6-7-19(31)27-23(18)32/h4-5,8-10,12-13,18H,6-7,11H2,1-3H3,(H,27,31,32). The number of imidazole rings is 1. The summed E-state index contributed by atoms with van der Waals surface area (Å²) in [6.45, 7) is 4.51. The zero-order valence-electron chi connectivity index (χ0n) is 18.7. The highest BCUT2D eigenvalue weighted by Gasteiger charge is 2.39. The number of nitrogens with zero attached hydrogens (tertiary/aromatic N) is 5. The van der Waals surface area contributed by atoms with Crippen LogP contribution in [0.3, 0.4) is 0 Å². The summed E-state index contributed by atoms with van der Waals surface area (Å²) in [6.07, 6.45) is 5.59. The molecule has 5 rings (SSSR count). The van der Waals surface area contributed by atoms with Crippen molar-refractivity contribution in [3.8, 4) is 22.5 Å². The number of piperidine rings is 1. The van der Waals surface area contributed by atoms with Crippen LogP contribution in [0.2, 0.25) is 0 Å². The Morgan fingerprint density at radius 2 is 1.85 bits per heavy atom. The topological polar surface area (TPSA) is 110 Å². The molecule has 9 heteroatoms. The van der Waals surface area contributed by atoms with Gasteiger partial charge >= 0.3 is 0 Å². The van der Waals surface area contributed by atoms with E-state index in [-0.39, 0.29) is 24.2 Å². The predicted octanol–water partition coefficient (Wildman–Crippen LogP) is 2.43. The van der Waals surface area contributed by atoms with Crippen LogP contribution in [0.25, 0.3) is 22.5 Å². The molecule has 1 aromatic carbocycles. The molecule has 9 nitrogen and oxygen atoms in total. The van der Waals surface area contributed by atoms with E-state index in [1.165, 1.54) is 6.33 Å². The maximum atomic E-state index is 13.0. The van der Waals surface area contributed by atoms with Crippen molar-refractivity contribution in [2.75, 3.05) is 0 Å². The third-order valence-corrected chi connectivity index (χ3v) is 6.28. The molecule has 0 bridgehead atoms. The van der Waals surface area contributed by atoms with Gasteiger partial charge in [0.15, 0.2) is 0 Å². The highest BCUT2D eigenvalue weighted by atomic mass is 16.2. The van der Waals surface area contributed by atoms with Crippen molar-refractivity contribution >= 4 is 17.7 Å². The van der Waals surface area contributed by atoms with Crippen LogP contribution in [-0.2, 0) is 23.2 Å². The van der Waals surface area contributed by atoms with E-state index in [9.17, 15) is 14.4 Å². The van der Waals surface area contributed by atoms with Crippen LogP contribution >= 0.6 is 0 Å². The second-order valence-corrected chi connectivity index (χ2v) is 8.78. The van der Waals surface area contributed by atoms with Gasteiger partial charge in [-0.25, -0.2) is 15.0 Å². The molecule has 2 aliphatic rings. The Morgan fingerprint density at radius 3 is 2.55 bits per heavy atom. The van der Waals surface area contributed by atoms with Crippen molar-refractivity contribution in [1.29, 1.82) is 0 Å². The Morgan fingerprint density at radius 1 is 1.09 bits per heavy atom. The van der Waals surface area contributed by atoms with Gasteiger partial charge in [-0.3, -0.25) is 19.7 Å². The third-order valence-electron chi connectivity index (χ3n) is 6.28. The minimum absolute atomic E-state index is 0.188. The number of fused-ring (bicyclic) bond motifs is 1. The number of hydrogen-bond acceptors (Lipinski definition) is 6. The number of carbonyl (C=O) groups is 3. The predicted molar refractivity (Wildman–Crippen MR) is 120 cm³/mol. The van der Waals surface area contributed by atoms with Gasteiger partial charge in [0.25, 0.3) is 5.91 Å². The molecule has 0 radical (unpaired) electrons. The number of amides is 3. The van der Waals surface area contributed by atoms with E-state index in [1.54, 1.807) is 23.4 Å². The fraction of sp³-hybridized carbons (Fsp3) is 0.333. The molecule has 1 fully saturated rings. The summed E-state index contributed by atoms with van der Waals surface area (Å²) in [5.41, 5.74) is 4.86. The van der Waals surface area contributed by atoms with E-state index in [1.807, 2.05) is 19.2 Å². The second kappa shape index (κ2) is 7.91. The number of hydrogen-bond donors (Lipinski definition) is 1. The maximum Gasteiger partial charge on any atom is 0.255 e. The number of rotatable bonds is 4. The van der Waals surface area contributed by atoms with E-state index >= 15 is 0 Å². The molecule has 1 saturated heterocycles. The van der Waals surface area contributed by atoms with Crippen LogP contribution in [0.5, 0.6) is 0 Å². The Hall–Kier alpha value is -3.88. The van der Waals surface area contributed by atoms with E-state index in [2.05, 4.69) is 33.7 Å². The molecule has 0 aliphatic carbocycles. The lowest BCUT2D eigenvalue weighted by Crippen LogP contribution is -2.52. The molecule has 2 aliphatic heterocycles. The van der Waals surface area contributed by atoms with Crippen molar-refractivity contribution in [1.82, 2.24) is 29.7 Å². The van der Waals surface area contributed by atoms with E-state index < -0.39 is 11.9 Å². The number of carbonyl (C=O) groups excluding carboxylic acids is 3. The summed E-state index contributed by atoms with van der Waals surface area (Å²) in [5, 5.41) is 2.34. The summed E-state index contributed by atoms with van der Waals surface area (Å²) in [6, 6.07) is 5.03. The van der Waals surface area contributed by atoms with Gasteiger partial charge in [0, 0.05) is 55.0 Å². The molecule has 4 heterocycles. The minimum Gasteiger partial charge on any atom is -0.330 e. The zero-order chi connectivity index (χ0) is 23.3. The molecular weight excluding hydrogens is 420 g/mol. The average molecular weight is 444 g/mol. The Labute approximate surface area is 190 Å². The largest absolute Gasteiger partial charge is 0.330 e. The summed E-state index contributed by atoms with van der Waals surface area (Å²) in [5.74, 6) is 0.255. The lowest BCUT2D eigenvalue weighted by atomic mass is 10.0. The van der Waals surface area contributed by atoms with Gasteiger partial charge in [-0.05, 0) is 24.1 Å². The van der Waals surface area contributed by atoms with Gasteiger partial charge in [0.2, 0.25) is 11.8 Å². The average Bonchev–Trinajstić information content (AvgIpc) is 3.31.